The maximum atomic E-state index is 12.6. The molecule has 0 heterocycles. The van der Waals surface area contributed by atoms with Gasteiger partial charge in [-0.05, 0) is 59.7 Å². The van der Waals surface area contributed by atoms with E-state index in [0.717, 1.165) is 0 Å². The monoisotopic (exact) mass is 422 g/mol. The molecule has 0 saturated carbocycles. The van der Waals surface area contributed by atoms with Crippen molar-refractivity contribution in [3.63, 3.8) is 0 Å². The smallest absolute Gasteiger partial charge is 0.316 e. The first-order chi connectivity index (χ1) is 13.3. The second-order valence-electron chi connectivity index (χ2n) is 8.69. The van der Waals surface area contributed by atoms with Gasteiger partial charge < -0.3 is 18.9 Å². The molecule has 0 aliphatic rings. The molecule has 0 aliphatic carbocycles. The summed E-state index contributed by atoms with van der Waals surface area (Å²) in [7, 11) is 2.83. The van der Waals surface area contributed by atoms with E-state index in [4.69, 9.17) is 30.5 Å². The Bertz CT molecular complexity index is 951. The van der Waals surface area contributed by atoms with Gasteiger partial charge in [0.05, 0.1) is 25.0 Å². The zero-order chi connectivity index (χ0) is 22.1. The zero-order valence-electron chi connectivity index (χ0n) is 18.1. The molecule has 2 aromatic carbocycles. The number of hydrogen-bond acceptors (Lipinski definition) is 6. The molecule has 2 rings (SSSR count). The molecule has 6 nitrogen and oxygen atoms in total. The number of hydrogen-bond donors (Lipinski definition) is 0. The first-order valence-electron chi connectivity index (χ1n) is 9.13. The van der Waals surface area contributed by atoms with E-state index in [1.54, 1.807) is 59.7 Å². The number of rotatable bonds is 4. The molecule has 2 aromatic rings. The summed E-state index contributed by atoms with van der Waals surface area (Å²) >= 11 is 6.20. The van der Waals surface area contributed by atoms with Gasteiger partial charge in [0.1, 0.15) is 0 Å². The lowest BCUT2D eigenvalue weighted by Crippen LogP contribution is -2.27. The van der Waals surface area contributed by atoms with Gasteiger partial charge in [-0.15, -0.1) is 0 Å². The van der Waals surface area contributed by atoms with E-state index < -0.39 is 22.8 Å². The van der Waals surface area contributed by atoms with Crippen molar-refractivity contribution in [2.24, 2.45) is 10.8 Å². The van der Waals surface area contributed by atoms with Crippen LogP contribution in [0.1, 0.15) is 41.5 Å². The van der Waals surface area contributed by atoms with Crippen molar-refractivity contribution in [2.45, 2.75) is 41.5 Å². The van der Waals surface area contributed by atoms with Gasteiger partial charge in [-0.25, -0.2) is 0 Å². The number of fused-ring (bicyclic) bond motifs is 1. The minimum atomic E-state index is -0.749. The van der Waals surface area contributed by atoms with Crippen LogP contribution in [0.3, 0.4) is 0 Å². The number of methoxy groups -OCH3 is 2. The third-order valence-corrected chi connectivity index (χ3v) is 4.35. The standard InChI is InChI=1S/C22H27ClO6/c1-21(2,3)19(24)28-15-13-10-9-12(23)11-14(13)16(18(27-8)17(15)26-7)29-20(25)22(4,5)6/h9-11H,1-8H3. The Morgan fingerprint density at radius 1 is 0.724 bits per heavy atom. The average Bonchev–Trinajstić information content (AvgIpc) is 2.60. The molecule has 0 unspecified atom stereocenters. The lowest BCUT2D eigenvalue weighted by atomic mass is 9.97. The molecule has 0 amide bonds. The summed E-state index contributed by atoms with van der Waals surface area (Å²) in [6.07, 6.45) is 0. The van der Waals surface area contributed by atoms with Gasteiger partial charge in [0.15, 0.2) is 11.5 Å². The molecule has 0 N–H and O–H groups in total. The lowest BCUT2D eigenvalue weighted by molar-refractivity contribution is -0.144. The highest BCUT2D eigenvalue weighted by molar-refractivity contribution is 6.31. The molecule has 158 valence electrons. The predicted octanol–water partition coefficient (Wildman–Crippen LogP) is 5.41. The molecule has 7 heteroatoms. The average molecular weight is 423 g/mol. The predicted molar refractivity (Wildman–Crippen MR) is 112 cm³/mol. The minimum Gasteiger partial charge on any atom is -0.490 e. The highest BCUT2D eigenvalue weighted by atomic mass is 35.5. The Morgan fingerprint density at radius 2 is 1.14 bits per heavy atom. The van der Waals surface area contributed by atoms with E-state index in [1.807, 2.05) is 0 Å². The third-order valence-electron chi connectivity index (χ3n) is 4.11. The Kier molecular flexibility index (Phi) is 6.38. The van der Waals surface area contributed by atoms with Gasteiger partial charge in [-0.1, -0.05) is 11.6 Å². The maximum Gasteiger partial charge on any atom is 0.316 e. The summed E-state index contributed by atoms with van der Waals surface area (Å²) in [6, 6.07) is 4.96. The van der Waals surface area contributed by atoms with Crippen molar-refractivity contribution < 1.29 is 28.5 Å². The molecular formula is C22H27ClO6. The van der Waals surface area contributed by atoms with Gasteiger partial charge in [0.25, 0.3) is 0 Å². The van der Waals surface area contributed by atoms with E-state index in [2.05, 4.69) is 0 Å². The van der Waals surface area contributed by atoms with Gasteiger partial charge in [0.2, 0.25) is 11.5 Å². The Hall–Kier alpha value is -2.47. The van der Waals surface area contributed by atoms with Crippen molar-refractivity contribution in [3.8, 4) is 23.0 Å². The van der Waals surface area contributed by atoms with E-state index in [0.29, 0.717) is 15.8 Å². The first kappa shape index (κ1) is 22.8. The van der Waals surface area contributed by atoms with Crippen molar-refractivity contribution in [3.05, 3.63) is 23.2 Å². The minimum absolute atomic E-state index is 0.136. The van der Waals surface area contributed by atoms with Gasteiger partial charge in [0, 0.05) is 15.8 Å². The third kappa shape index (κ3) is 4.75. The fraction of sp³-hybridized carbons (Fsp3) is 0.455. The van der Waals surface area contributed by atoms with Crippen LogP contribution in [0.4, 0.5) is 0 Å². The molecule has 0 saturated heterocycles. The Labute approximate surface area is 176 Å². The van der Waals surface area contributed by atoms with E-state index >= 15 is 0 Å². The quantitative estimate of drug-likeness (QED) is 0.484. The molecule has 0 bridgehead atoms. The molecule has 0 radical (unpaired) electrons. The number of carbonyl (C=O) groups is 2. The molecule has 0 atom stereocenters. The maximum absolute atomic E-state index is 12.6. The van der Waals surface area contributed by atoms with Crippen LogP contribution >= 0.6 is 11.6 Å². The summed E-state index contributed by atoms with van der Waals surface area (Å²) in [5, 5.41) is 1.39. The number of halogens is 1. The number of carbonyl (C=O) groups excluding carboxylic acids is 2. The zero-order valence-corrected chi connectivity index (χ0v) is 18.8. The molecule has 0 aromatic heterocycles. The van der Waals surface area contributed by atoms with Crippen molar-refractivity contribution >= 4 is 34.3 Å². The van der Waals surface area contributed by atoms with E-state index in [9.17, 15) is 9.59 Å². The van der Waals surface area contributed by atoms with Gasteiger partial charge in [-0.3, -0.25) is 9.59 Å². The van der Waals surface area contributed by atoms with Crippen LogP contribution in [0.25, 0.3) is 10.8 Å². The lowest BCUT2D eigenvalue weighted by Gasteiger charge is -2.23. The van der Waals surface area contributed by atoms with Crippen molar-refractivity contribution in [2.75, 3.05) is 14.2 Å². The molecule has 29 heavy (non-hydrogen) atoms. The number of esters is 2. The molecule has 0 aliphatic heterocycles. The van der Waals surface area contributed by atoms with E-state index in [-0.39, 0.29) is 23.0 Å². The fourth-order valence-corrected chi connectivity index (χ4v) is 2.59. The summed E-state index contributed by atoms with van der Waals surface area (Å²) in [6.45, 7) is 10.5. The van der Waals surface area contributed by atoms with Crippen LogP contribution in [0, 0.1) is 10.8 Å². The number of ether oxygens (including phenoxy) is 4. The first-order valence-corrected chi connectivity index (χ1v) is 9.50. The normalized spacial score (nSPS) is 11.9. The second-order valence-corrected chi connectivity index (χ2v) is 9.13. The van der Waals surface area contributed by atoms with Crippen LogP contribution in [0.5, 0.6) is 23.0 Å². The Balaban J connectivity index is 2.84. The summed E-state index contributed by atoms with van der Waals surface area (Å²) in [5.41, 5.74) is -1.49. The molecule has 0 spiro atoms. The molecule has 0 fully saturated rings. The van der Waals surface area contributed by atoms with E-state index in [1.165, 1.54) is 14.2 Å². The van der Waals surface area contributed by atoms with Crippen LogP contribution in [-0.2, 0) is 9.59 Å². The highest BCUT2D eigenvalue weighted by Crippen LogP contribution is 2.52. The van der Waals surface area contributed by atoms with Gasteiger partial charge >= 0.3 is 11.9 Å². The largest absolute Gasteiger partial charge is 0.490 e. The summed E-state index contributed by atoms with van der Waals surface area (Å²) in [5.74, 6) is -0.302. The summed E-state index contributed by atoms with van der Waals surface area (Å²) in [4.78, 5) is 25.2. The topological polar surface area (TPSA) is 71.1 Å². The van der Waals surface area contributed by atoms with Crippen LogP contribution in [-0.4, -0.2) is 26.2 Å². The highest BCUT2D eigenvalue weighted by Gasteiger charge is 2.32. The van der Waals surface area contributed by atoms with Crippen LogP contribution < -0.4 is 18.9 Å². The van der Waals surface area contributed by atoms with Crippen LogP contribution in [0.15, 0.2) is 18.2 Å². The Morgan fingerprint density at radius 3 is 1.52 bits per heavy atom. The molecular weight excluding hydrogens is 396 g/mol. The van der Waals surface area contributed by atoms with Crippen LogP contribution in [0.2, 0.25) is 5.02 Å². The second kappa shape index (κ2) is 8.11. The number of benzene rings is 2. The van der Waals surface area contributed by atoms with Crippen molar-refractivity contribution in [1.82, 2.24) is 0 Å². The van der Waals surface area contributed by atoms with Crippen molar-refractivity contribution in [1.29, 1.82) is 0 Å². The summed E-state index contributed by atoms with van der Waals surface area (Å²) < 4.78 is 22.4. The van der Waals surface area contributed by atoms with Gasteiger partial charge in [-0.2, -0.15) is 0 Å². The SMILES string of the molecule is COc1c(OC)c(OC(=O)C(C)(C)C)c2cc(Cl)ccc2c1OC(=O)C(C)(C)C. The fourth-order valence-electron chi connectivity index (χ4n) is 2.42.